The van der Waals surface area contributed by atoms with Crippen molar-refractivity contribution in [3.8, 4) is 33.9 Å². The Morgan fingerprint density at radius 3 is 2.71 bits per heavy atom. The van der Waals surface area contributed by atoms with Gasteiger partial charge >= 0.3 is 0 Å². The summed E-state index contributed by atoms with van der Waals surface area (Å²) in [7, 11) is 0. The zero-order chi connectivity index (χ0) is 25.6. The minimum Gasteiger partial charge on any atom is -0.358 e. The highest BCUT2D eigenvalue weighted by atomic mass is 19.1. The van der Waals surface area contributed by atoms with E-state index in [1.807, 2.05) is 36.4 Å². The van der Waals surface area contributed by atoms with Crippen LogP contribution in [0.1, 0.15) is 19.3 Å². The van der Waals surface area contributed by atoms with Crippen molar-refractivity contribution in [2.45, 2.75) is 19.3 Å². The maximum absolute atomic E-state index is 13.9. The summed E-state index contributed by atoms with van der Waals surface area (Å²) in [5, 5.41) is 11.9. The Labute approximate surface area is 217 Å². The van der Waals surface area contributed by atoms with Gasteiger partial charge in [-0.15, -0.1) is 0 Å². The zero-order valence-electron chi connectivity index (χ0n) is 20.5. The highest BCUT2D eigenvalue weighted by Gasteiger charge is 2.21. The minimum atomic E-state index is -0.283. The molecule has 0 amide bonds. The fourth-order valence-electron chi connectivity index (χ4n) is 4.98. The van der Waals surface area contributed by atoms with Gasteiger partial charge in [0, 0.05) is 28.4 Å². The van der Waals surface area contributed by atoms with Crippen LogP contribution >= 0.6 is 0 Å². The number of nitrogens with zero attached hydrogens (tertiary/aromatic N) is 4. The van der Waals surface area contributed by atoms with Crippen molar-refractivity contribution < 1.29 is 4.39 Å². The van der Waals surface area contributed by atoms with Gasteiger partial charge in [-0.2, -0.15) is 5.10 Å². The Kier molecular flexibility index (Phi) is 5.25. The van der Waals surface area contributed by atoms with Gasteiger partial charge in [0.15, 0.2) is 5.82 Å². The fourth-order valence-corrected chi connectivity index (χ4v) is 4.98. The van der Waals surface area contributed by atoms with E-state index in [1.165, 1.54) is 31.4 Å². The predicted octanol–water partition coefficient (Wildman–Crippen LogP) is 7.10. The third kappa shape index (κ3) is 3.91. The first kappa shape index (κ1) is 22.4. The molecule has 7 rings (SSSR count). The second-order valence-corrected chi connectivity index (χ2v) is 9.73. The van der Waals surface area contributed by atoms with E-state index < -0.39 is 0 Å². The number of hydrogen-bond acceptors (Lipinski definition) is 5. The SMILES string of the molecule is C=C(Nc1cncc(-c2cc3c(-c4nc5c(-c6cccc(F)c6)cccc5[nH]4)n[nH]c3cn2)c1)C1CCC1. The van der Waals surface area contributed by atoms with Gasteiger partial charge < -0.3 is 10.3 Å². The summed E-state index contributed by atoms with van der Waals surface area (Å²) < 4.78 is 13.9. The number of benzene rings is 2. The normalized spacial score (nSPS) is 13.6. The van der Waals surface area contributed by atoms with E-state index in [-0.39, 0.29) is 5.82 Å². The van der Waals surface area contributed by atoms with Crippen LogP contribution in [-0.4, -0.2) is 30.1 Å². The first-order valence-electron chi connectivity index (χ1n) is 12.6. The van der Waals surface area contributed by atoms with Crippen molar-refractivity contribution in [1.82, 2.24) is 30.1 Å². The molecular weight excluding hydrogens is 477 g/mol. The van der Waals surface area contributed by atoms with Crippen molar-refractivity contribution in [3.63, 3.8) is 0 Å². The first-order valence-corrected chi connectivity index (χ1v) is 12.6. The molecule has 8 heteroatoms. The number of allylic oxidation sites excluding steroid dienone is 1. The Morgan fingerprint density at radius 2 is 1.87 bits per heavy atom. The Morgan fingerprint density at radius 1 is 0.974 bits per heavy atom. The van der Waals surface area contributed by atoms with Crippen LogP contribution in [0.2, 0.25) is 0 Å². The number of H-pyrrole nitrogens is 2. The molecule has 0 aliphatic heterocycles. The van der Waals surface area contributed by atoms with Crippen molar-refractivity contribution in [3.05, 3.63) is 91.3 Å². The smallest absolute Gasteiger partial charge is 0.159 e. The number of hydrogen-bond donors (Lipinski definition) is 3. The summed E-state index contributed by atoms with van der Waals surface area (Å²) >= 11 is 0. The molecule has 38 heavy (non-hydrogen) atoms. The van der Waals surface area contributed by atoms with Gasteiger partial charge in [-0.1, -0.05) is 37.3 Å². The molecule has 4 aromatic heterocycles. The molecule has 1 aliphatic rings. The van der Waals surface area contributed by atoms with Crippen molar-refractivity contribution in [1.29, 1.82) is 0 Å². The van der Waals surface area contributed by atoms with Gasteiger partial charge in [-0.25, -0.2) is 9.37 Å². The third-order valence-electron chi connectivity index (χ3n) is 7.26. The summed E-state index contributed by atoms with van der Waals surface area (Å²) in [5.74, 6) is 0.874. The standard InChI is InChI=1S/C30H24FN7/c1-17(18-5-2-6-18)34-22-12-20(14-32-15-22)26-13-24-27(16-33-26)37-38-29(24)30-35-25-10-4-9-23(28(25)36-30)19-7-3-8-21(31)11-19/h3-4,7-16,18,34H,1-2,5-6H2,(H,35,36)(H,37,38). The van der Waals surface area contributed by atoms with Crippen molar-refractivity contribution >= 4 is 27.6 Å². The molecule has 1 saturated carbocycles. The van der Waals surface area contributed by atoms with Crippen molar-refractivity contribution in [2.75, 3.05) is 5.32 Å². The lowest BCUT2D eigenvalue weighted by atomic mass is 9.83. The zero-order valence-corrected chi connectivity index (χ0v) is 20.5. The number of halogens is 1. The molecular formula is C30H24FN7. The predicted molar refractivity (Wildman–Crippen MR) is 148 cm³/mol. The molecule has 3 N–H and O–H groups in total. The largest absolute Gasteiger partial charge is 0.358 e. The molecule has 0 radical (unpaired) electrons. The van der Waals surface area contributed by atoms with Crippen LogP contribution in [-0.2, 0) is 0 Å². The third-order valence-corrected chi connectivity index (χ3v) is 7.26. The summed E-state index contributed by atoms with van der Waals surface area (Å²) in [4.78, 5) is 17.3. The van der Waals surface area contributed by atoms with Crippen LogP contribution in [0.4, 0.5) is 10.1 Å². The van der Waals surface area contributed by atoms with Gasteiger partial charge in [0.05, 0.1) is 40.3 Å². The number of imidazole rings is 1. The van der Waals surface area contributed by atoms with E-state index in [0.29, 0.717) is 17.4 Å². The fraction of sp³-hybridized carbons (Fsp3) is 0.133. The summed E-state index contributed by atoms with van der Waals surface area (Å²) in [6.07, 6.45) is 9.02. The Balaban J connectivity index is 1.26. The molecule has 0 unspecified atom stereocenters. The average Bonchev–Trinajstić information content (AvgIpc) is 3.51. The molecule has 0 spiro atoms. The monoisotopic (exact) mass is 501 g/mol. The quantitative estimate of drug-likeness (QED) is 0.226. The highest BCUT2D eigenvalue weighted by molar-refractivity contribution is 5.97. The van der Waals surface area contributed by atoms with E-state index in [0.717, 1.165) is 55.7 Å². The van der Waals surface area contributed by atoms with Crippen LogP contribution in [0, 0.1) is 11.7 Å². The van der Waals surface area contributed by atoms with Crippen LogP contribution in [0.5, 0.6) is 0 Å². The summed E-state index contributed by atoms with van der Waals surface area (Å²) in [5.41, 5.74) is 8.33. The second kappa shape index (κ2) is 8.92. The van der Waals surface area contributed by atoms with Gasteiger partial charge in [0.25, 0.3) is 0 Å². The lowest BCUT2D eigenvalue weighted by Gasteiger charge is -2.28. The molecule has 1 aliphatic carbocycles. The number of nitrogens with one attached hydrogen (secondary N) is 3. The molecule has 186 valence electrons. The Bertz CT molecular complexity index is 1830. The Hall–Kier alpha value is -4.85. The number of anilines is 1. The molecule has 0 atom stereocenters. The summed E-state index contributed by atoms with van der Waals surface area (Å²) in [6.45, 7) is 4.21. The van der Waals surface area contributed by atoms with E-state index in [9.17, 15) is 4.39 Å². The van der Waals surface area contributed by atoms with Crippen molar-refractivity contribution in [2.24, 2.45) is 5.92 Å². The summed E-state index contributed by atoms with van der Waals surface area (Å²) in [6, 6.07) is 16.4. The lowest BCUT2D eigenvalue weighted by molar-refractivity contribution is 0.371. The number of aromatic nitrogens is 6. The van der Waals surface area contributed by atoms with Crippen LogP contribution in [0.3, 0.4) is 0 Å². The molecule has 2 aromatic carbocycles. The number of para-hydroxylation sites is 1. The van der Waals surface area contributed by atoms with Gasteiger partial charge in [-0.05, 0) is 54.7 Å². The second-order valence-electron chi connectivity index (χ2n) is 9.73. The number of aromatic amines is 2. The molecule has 4 heterocycles. The van der Waals surface area contributed by atoms with Crippen LogP contribution in [0.15, 0.2) is 85.5 Å². The van der Waals surface area contributed by atoms with E-state index in [2.05, 4.69) is 37.0 Å². The lowest BCUT2D eigenvalue weighted by Crippen LogP contribution is -2.18. The molecule has 0 bridgehead atoms. The van der Waals surface area contributed by atoms with E-state index in [4.69, 9.17) is 4.98 Å². The van der Waals surface area contributed by atoms with Crippen LogP contribution < -0.4 is 5.32 Å². The molecule has 6 aromatic rings. The van der Waals surface area contributed by atoms with Gasteiger partial charge in [0.1, 0.15) is 11.5 Å². The molecule has 1 fully saturated rings. The van der Waals surface area contributed by atoms with E-state index >= 15 is 0 Å². The number of fused-ring (bicyclic) bond motifs is 2. The topological polar surface area (TPSA) is 95.2 Å². The average molecular weight is 502 g/mol. The maximum atomic E-state index is 13.9. The number of rotatable bonds is 6. The molecule has 7 nitrogen and oxygen atoms in total. The van der Waals surface area contributed by atoms with Gasteiger partial charge in [0.2, 0.25) is 0 Å². The van der Waals surface area contributed by atoms with Gasteiger partial charge in [-0.3, -0.25) is 15.1 Å². The van der Waals surface area contributed by atoms with Crippen LogP contribution in [0.25, 0.3) is 55.8 Å². The minimum absolute atomic E-state index is 0.283. The number of pyridine rings is 2. The first-order chi connectivity index (χ1) is 18.6. The van der Waals surface area contributed by atoms with E-state index in [1.54, 1.807) is 24.7 Å². The highest BCUT2D eigenvalue weighted by Crippen LogP contribution is 2.34. The maximum Gasteiger partial charge on any atom is 0.159 e. The molecule has 0 saturated heterocycles.